The third kappa shape index (κ3) is 4.61. The van der Waals surface area contributed by atoms with Gasteiger partial charge >= 0.3 is 0 Å². The fourth-order valence-corrected chi connectivity index (χ4v) is 4.54. The van der Waals surface area contributed by atoms with Gasteiger partial charge in [0.15, 0.2) is 0 Å². The molecule has 4 aromatic rings. The van der Waals surface area contributed by atoms with Crippen molar-refractivity contribution in [2.75, 3.05) is 43.4 Å². The number of benzene rings is 1. The molecule has 8 heteroatoms. The zero-order valence-corrected chi connectivity index (χ0v) is 19.0. The number of nitrogens with zero attached hydrogens (tertiary/aromatic N) is 6. The number of hydrogen-bond acceptors (Lipinski definition) is 8. The van der Waals surface area contributed by atoms with Crippen molar-refractivity contribution in [3.63, 3.8) is 0 Å². The highest BCUT2D eigenvalue weighted by Crippen LogP contribution is 2.30. The first-order valence-corrected chi connectivity index (χ1v) is 11.6. The number of aryl methyl sites for hydroxylation is 1. The summed E-state index contributed by atoms with van der Waals surface area (Å²) < 4.78 is 0. The number of piperazine rings is 1. The summed E-state index contributed by atoms with van der Waals surface area (Å²) in [5.41, 5.74) is 3.86. The summed E-state index contributed by atoms with van der Waals surface area (Å²) >= 11 is 1.60. The zero-order chi connectivity index (χ0) is 21.9. The molecule has 32 heavy (non-hydrogen) atoms. The molecule has 1 saturated heterocycles. The minimum atomic E-state index is 0.764. The van der Waals surface area contributed by atoms with Gasteiger partial charge in [0, 0.05) is 55.1 Å². The van der Waals surface area contributed by atoms with E-state index in [0.717, 1.165) is 71.3 Å². The van der Waals surface area contributed by atoms with Crippen molar-refractivity contribution in [3.8, 4) is 22.0 Å². The van der Waals surface area contributed by atoms with Crippen LogP contribution in [0.5, 0.6) is 0 Å². The molecule has 162 valence electrons. The first-order chi connectivity index (χ1) is 15.6. The Morgan fingerprint density at radius 1 is 0.906 bits per heavy atom. The number of rotatable bonds is 5. The van der Waals surface area contributed by atoms with Crippen molar-refractivity contribution >= 4 is 28.7 Å². The van der Waals surface area contributed by atoms with E-state index in [1.165, 1.54) is 0 Å². The largest absolute Gasteiger partial charge is 0.354 e. The summed E-state index contributed by atoms with van der Waals surface area (Å²) in [6.07, 6.45) is 1.79. The summed E-state index contributed by atoms with van der Waals surface area (Å²) in [5.74, 6) is 2.54. The Hall–Kier alpha value is -3.36. The number of pyridine rings is 1. The minimum Gasteiger partial charge on any atom is -0.354 e. The Labute approximate surface area is 191 Å². The molecule has 0 atom stereocenters. The van der Waals surface area contributed by atoms with Gasteiger partial charge in [0.2, 0.25) is 0 Å². The molecule has 4 heterocycles. The van der Waals surface area contributed by atoms with Crippen molar-refractivity contribution < 1.29 is 0 Å². The van der Waals surface area contributed by atoms with Crippen LogP contribution in [0.3, 0.4) is 0 Å². The third-order valence-corrected chi connectivity index (χ3v) is 6.34. The molecule has 0 amide bonds. The maximum atomic E-state index is 4.79. The Morgan fingerprint density at radius 2 is 1.78 bits per heavy atom. The van der Waals surface area contributed by atoms with Crippen molar-refractivity contribution in [2.45, 2.75) is 6.92 Å². The van der Waals surface area contributed by atoms with E-state index in [0.29, 0.717) is 0 Å². The first-order valence-electron chi connectivity index (χ1n) is 10.7. The normalized spacial score (nSPS) is 14.5. The van der Waals surface area contributed by atoms with Crippen LogP contribution >= 0.6 is 11.3 Å². The van der Waals surface area contributed by atoms with Crippen LogP contribution in [0.15, 0.2) is 60.1 Å². The molecule has 0 spiro atoms. The maximum Gasteiger partial charge on any atom is 0.142 e. The van der Waals surface area contributed by atoms with Crippen LogP contribution in [0.2, 0.25) is 0 Å². The van der Waals surface area contributed by atoms with E-state index in [2.05, 4.69) is 54.6 Å². The summed E-state index contributed by atoms with van der Waals surface area (Å²) in [5, 5.41) is 6.45. The van der Waals surface area contributed by atoms with Crippen molar-refractivity contribution in [2.24, 2.45) is 0 Å². The van der Waals surface area contributed by atoms with Crippen molar-refractivity contribution in [1.82, 2.24) is 24.8 Å². The lowest BCUT2D eigenvalue weighted by atomic mass is 10.1. The predicted molar refractivity (Wildman–Crippen MR) is 131 cm³/mol. The second-order valence-corrected chi connectivity index (χ2v) is 8.77. The van der Waals surface area contributed by atoms with Crippen LogP contribution in [-0.4, -0.2) is 58.1 Å². The van der Waals surface area contributed by atoms with Gasteiger partial charge in [-0.05, 0) is 38.2 Å². The van der Waals surface area contributed by atoms with Crippen LogP contribution in [-0.2, 0) is 0 Å². The number of nitrogens with one attached hydrogen (secondary N) is 1. The Morgan fingerprint density at radius 3 is 2.59 bits per heavy atom. The average Bonchev–Trinajstić information content (AvgIpc) is 3.30. The summed E-state index contributed by atoms with van der Waals surface area (Å²) in [6, 6.07) is 16.2. The number of hydrogen-bond donors (Lipinski definition) is 1. The molecular formula is C24H25N7S. The van der Waals surface area contributed by atoms with Gasteiger partial charge in [-0.25, -0.2) is 15.0 Å². The highest BCUT2D eigenvalue weighted by Gasteiger charge is 2.17. The van der Waals surface area contributed by atoms with Gasteiger partial charge in [-0.1, -0.05) is 18.2 Å². The Bertz CT molecular complexity index is 1200. The number of likely N-dealkylation sites (N-methyl/N-ethyl adjacent to an activating group) is 1. The molecule has 5 rings (SSSR count). The second-order valence-electron chi connectivity index (χ2n) is 7.91. The first kappa shape index (κ1) is 20.5. The summed E-state index contributed by atoms with van der Waals surface area (Å²) in [4.78, 5) is 23.1. The molecule has 1 N–H and O–H groups in total. The van der Waals surface area contributed by atoms with Crippen molar-refractivity contribution in [1.29, 1.82) is 0 Å². The van der Waals surface area contributed by atoms with Crippen LogP contribution in [0.1, 0.15) is 5.82 Å². The molecule has 1 aromatic carbocycles. The summed E-state index contributed by atoms with van der Waals surface area (Å²) in [6.45, 7) is 5.98. The molecule has 7 nitrogen and oxygen atoms in total. The highest BCUT2D eigenvalue weighted by atomic mass is 32.1. The SMILES string of the molecule is Cc1nc(Nc2cccc(-c3csc(-c4ccccn4)n3)c2)cc(N2CCN(C)CC2)n1. The lowest BCUT2D eigenvalue weighted by molar-refractivity contribution is 0.312. The zero-order valence-electron chi connectivity index (χ0n) is 18.2. The molecule has 0 aliphatic carbocycles. The molecule has 0 saturated carbocycles. The van der Waals surface area contributed by atoms with E-state index in [1.54, 1.807) is 17.5 Å². The number of thiazole rings is 1. The van der Waals surface area contributed by atoms with E-state index in [1.807, 2.05) is 43.3 Å². The molecular weight excluding hydrogens is 418 g/mol. The highest BCUT2D eigenvalue weighted by molar-refractivity contribution is 7.13. The van der Waals surface area contributed by atoms with Crippen LogP contribution < -0.4 is 10.2 Å². The standard InChI is InChI=1S/C24H25N7S/c1-17-26-22(15-23(27-17)31-12-10-30(2)11-13-31)28-19-7-5-6-18(14-19)21-16-32-24(29-21)20-8-3-4-9-25-20/h3-9,14-16H,10-13H2,1-2H3,(H,26,27,28). The fraction of sp³-hybridized carbons (Fsp3) is 0.250. The Balaban J connectivity index is 1.36. The van der Waals surface area contributed by atoms with Crippen molar-refractivity contribution in [3.05, 3.63) is 65.9 Å². The van der Waals surface area contributed by atoms with Crippen LogP contribution in [0.4, 0.5) is 17.3 Å². The van der Waals surface area contributed by atoms with Gasteiger partial charge in [0.05, 0.1) is 11.4 Å². The van der Waals surface area contributed by atoms with Crippen LogP contribution in [0.25, 0.3) is 22.0 Å². The quantitative estimate of drug-likeness (QED) is 0.488. The number of aromatic nitrogens is 4. The van der Waals surface area contributed by atoms with E-state index in [9.17, 15) is 0 Å². The maximum absolute atomic E-state index is 4.79. The monoisotopic (exact) mass is 443 g/mol. The van der Waals surface area contributed by atoms with Gasteiger partial charge in [0.25, 0.3) is 0 Å². The molecule has 1 aliphatic heterocycles. The van der Waals surface area contributed by atoms with Gasteiger partial charge in [-0.2, -0.15) is 0 Å². The van der Waals surface area contributed by atoms with Gasteiger partial charge in [-0.3, -0.25) is 4.98 Å². The smallest absolute Gasteiger partial charge is 0.142 e. The second kappa shape index (κ2) is 9.02. The molecule has 1 fully saturated rings. The molecule has 0 bridgehead atoms. The third-order valence-electron chi connectivity index (χ3n) is 5.47. The molecule has 0 unspecified atom stereocenters. The summed E-state index contributed by atoms with van der Waals surface area (Å²) in [7, 11) is 2.16. The van der Waals surface area contributed by atoms with Gasteiger partial charge in [0.1, 0.15) is 22.5 Å². The van der Waals surface area contributed by atoms with Crippen LogP contribution in [0, 0.1) is 6.92 Å². The lowest BCUT2D eigenvalue weighted by Crippen LogP contribution is -2.44. The van der Waals surface area contributed by atoms with Gasteiger partial charge in [-0.15, -0.1) is 11.3 Å². The minimum absolute atomic E-state index is 0.764. The van der Waals surface area contributed by atoms with E-state index in [4.69, 9.17) is 4.98 Å². The average molecular weight is 444 g/mol. The fourth-order valence-electron chi connectivity index (χ4n) is 3.73. The van der Waals surface area contributed by atoms with Gasteiger partial charge < -0.3 is 15.1 Å². The lowest BCUT2D eigenvalue weighted by Gasteiger charge is -2.33. The molecule has 1 aliphatic rings. The van der Waals surface area contributed by atoms with E-state index < -0.39 is 0 Å². The number of anilines is 3. The Kier molecular flexibility index (Phi) is 5.79. The predicted octanol–water partition coefficient (Wildman–Crippen LogP) is 4.47. The van der Waals surface area contributed by atoms with E-state index in [-0.39, 0.29) is 0 Å². The van der Waals surface area contributed by atoms with E-state index >= 15 is 0 Å². The topological polar surface area (TPSA) is 70.1 Å². The molecule has 3 aromatic heterocycles. The molecule has 0 radical (unpaired) electrons.